The van der Waals surface area contributed by atoms with Gasteiger partial charge in [-0.25, -0.2) is 0 Å². The molecule has 1 aromatic rings. The van der Waals surface area contributed by atoms with Crippen molar-refractivity contribution >= 4 is 0 Å². The molecule has 0 bridgehead atoms. The van der Waals surface area contributed by atoms with Crippen molar-refractivity contribution in [1.29, 1.82) is 0 Å². The summed E-state index contributed by atoms with van der Waals surface area (Å²) in [6.45, 7) is 2.63. The lowest BCUT2D eigenvalue weighted by Crippen LogP contribution is -2.26. The molecular formula is C12H18N2O2. The summed E-state index contributed by atoms with van der Waals surface area (Å²) >= 11 is 0. The first kappa shape index (κ1) is 11.2. The Morgan fingerprint density at radius 3 is 3.00 bits per heavy atom. The maximum absolute atomic E-state index is 9.74. The van der Waals surface area contributed by atoms with Crippen molar-refractivity contribution in [1.82, 2.24) is 4.90 Å². The largest absolute Gasteiger partial charge is 0.508 e. The molecule has 1 saturated heterocycles. The quantitative estimate of drug-likeness (QED) is 0.799. The van der Waals surface area contributed by atoms with Crippen molar-refractivity contribution in [2.24, 2.45) is 5.73 Å². The highest BCUT2D eigenvalue weighted by Crippen LogP contribution is 2.25. The summed E-state index contributed by atoms with van der Waals surface area (Å²) in [6.07, 6.45) is 1.03. The van der Waals surface area contributed by atoms with Crippen LogP contribution in [0.1, 0.15) is 12.0 Å². The number of nitrogens with zero attached hydrogens (tertiary/aromatic N) is 1. The third-order valence-electron chi connectivity index (χ3n) is 2.99. The summed E-state index contributed by atoms with van der Waals surface area (Å²) in [5.41, 5.74) is 6.74. The van der Waals surface area contributed by atoms with Crippen LogP contribution in [0.25, 0.3) is 0 Å². The maximum atomic E-state index is 9.74. The van der Waals surface area contributed by atoms with Gasteiger partial charge in [0.25, 0.3) is 0 Å². The van der Waals surface area contributed by atoms with Crippen LogP contribution in [0.15, 0.2) is 18.2 Å². The molecule has 4 nitrogen and oxygen atoms in total. The van der Waals surface area contributed by atoms with E-state index in [0.717, 1.165) is 37.4 Å². The van der Waals surface area contributed by atoms with Crippen LogP contribution < -0.4 is 10.5 Å². The molecule has 2 rings (SSSR count). The van der Waals surface area contributed by atoms with Gasteiger partial charge in [-0.2, -0.15) is 0 Å². The molecule has 16 heavy (non-hydrogen) atoms. The van der Waals surface area contributed by atoms with E-state index in [9.17, 15) is 5.11 Å². The molecule has 3 N–H and O–H groups in total. The topological polar surface area (TPSA) is 58.7 Å². The van der Waals surface area contributed by atoms with Crippen molar-refractivity contribution in [3.63, 3.8) is 0 Å². The summed E-state index contributed by atoms with van der Waals surface area (Å²) in [7, 11) is 1.63. The average molecular weight is 222 g/mol. The SMILES string of the molecule is COc1ccc(O)c(CN2CCC(N)C2)c1. The van der Waals surface area contributed by atoms with Gasteiger partial charge in [-0.3, -0.25) is 4.90 Å². The molecule has 1 aromatic carbocycles. The number of phenols is 1. The molecule has 0 saturated carbocycles. The zero-order valence-corrected chi connectivity index (χ0v) is 9.52. The second-order valence-corrected chi connectivity index (χ2v) is 4.28. The van der Waals surface area contributed by atoms with Crippen LogP contribution in [0.4, 0.5) is 0 Å². The Morgan fingerprint density at radius 2 is 2.38 bits per heavy atom. The van der Waals surface area contributed by atoms with Crippen molar-refractivity contribution in [2.75, 3.05) is 20.2 Å². The van der Waals surface area contributed by atoms with Crippen molar-refractivity contribution in [3.8, 4) is 11.5 Å². The molecule has 0 aromatic heterocycles. The third-order valence-corrected chi connectivity index (χ3v) is 2.99. The van der Waals surface area contributed by atoms with E-state index >= 15 is 0 Å². The second kappa shape index (κ2) is 4.72. The summed E-state index contributed by atoms with van der Waals surface area (Å²) in [6, 6.07) is 5.57. The predicted octanol–water partition coefficient (Wildman–Crippen LogP) is 0.934. The highest BCUT2D eigenvalue weighted by Gasteiger charge is 2.19. The molecule has 1 heterocycles. The van der Waals surface area contributed by atoms with E-state index in [0.29, 0.717) is 5.75 Å². The van der Waals surface area contributed by atoms with E-state index in [1.165, 1.54) is 0 Å². The molecule has 88 valence electrons. The van der Waals surface area contributed by atoms with Crippen LogP contribution in [-0.2, 0) is 6.54 Å². The smallest absolute Gasteiger partial charge is 0.120 e. The number of hydrogen-bond donors (Lipinski definition) is 2. The number of nitrogens with two attached hydrogens (primary N) is 1. The van der Waals surface area contributed by atoms with Crippen LogP contribution in [0, 0.1) is 0 Å². The van der Waals surface area contributed by atoms with Gasteiger partial charge >= 0.3 is 0 Å². The minimum Gasteiger partial charge on any atom is -0.508 e. The first-order valence-corrected chi connectivity index (χ1v) is 5.53. The summed E-state index contributed by atoms with van der Waals surface area (Å²) in [5.74, 6) is 1.09. The Balaban J connectivity index is 2.08. The monoisotopic (exact) mass is 222 g/mol. The van der Waals surface area contributed by atoms with Gasteiger partial charge < -0.3 is 15.6 Å². The van der Waals surface area contributed by atoms with E-state index < -0.39 is 0 Å². The first-order chi connectivity index (χ1) is 7.69. The van der Waals surface area contributed by atoms with Gasteiger partial charge in [0.05, 0.1) is 7.11 Å². The third kappa shape index (κ3) is 2.46. The van der Waals surface area contributed by atoms with Crippen molar-refractivity contribution < 1.29 is 9.84 Å². The first-order valence-electron chi connectivity index (χ1n) is 5.53. The standard InChI is InChI=1S/C12H18N2O2/c1-16-11-2-3-12(15)9(6-11)7-14-5-4-10(13)8-14/h2-3,6,10,15H,4-5,7-8,13H2,1H3. The number of benzene rings is 1. The normalized spacial score (nSPS) is 21.2. The molecule has 1 atom stereocenters. The number of ether oxygens (including phenoxy) is 1. The van der Waals surface area contributed by atoms with Gasteiger partial charge in [0.1, 0.15) is 11.5 Å². The van der Waals surface area contributed by atoms with Gasteiger partial charge in [-0.1, -0.05) is 0 Å². The number of hydrogen-bond acceptors (Lipinski definition) is 4. The average Bonchev–Trinajstić information content (AvgIpc) is 2.67. The molecule has 0 amide bonds. The Kier molecular flexibility index (Phi) is 3.31. The zero-order chi connectivity index (χ0) is 11.5. The molecule has 1 aliphatic rings. The minimum absolute atomic E-state index is 0.271. The summed E-state index contributed by atoms with van der Waals surface area (Å²) in [4.78, 5) is 2.25. The van der Waals surface area contributed by atoms with Crippen LogP contribution in [0.3, 0.4) is 0 Å². The van der Waals surface area contributed by atoms with E-state index in [4.69, 9.17) is 10.5 Å². The van der Waals surface area contributed by atoms with Gasteiger partial charge in [-0.05, 0) is 24.6 Å². The molecule has 1 fully saturated rings. The van der Waals surface area contributed by atoms with Gasteiger partial charge in [0.2, 0.25) is 0 Å². The van der Waals surface area contributed by atoms with E-state index in [-0.39, 0.29) is 6.04 Å². The van der Waals surface area contributed by atoms with Crippen molar-refractivity contribution in [3.05, 3.63) is 23.8 Å². The molecule has 0 radical (unpaired) electrons. The lowest BCUT2D eigenvalue weighted by molar-refractivity contribution is 0.318. The molecule has 0 aliphatic carbocycles. The fourth-order valence-electron chi connectivity index (χ4n) is 2.06. The highest BCUT2D eigenvalue weighted by molar-refractivity contribution is 5.39. The number of methoxy groups -OCH3 is 1. The number of rotatable bonds is 3. The Hall–Kier alpha value is -1.26. The van der Waals surface area contributed by atoms with Gasteiger partial charge in [0.15, 0.2) is 0 Å². The molecule has 4 heteroatoms. The Bertz CT molecular complexity index is 368. The van der Waals surface area contributed by atoms with Crippen LogP contribution >= 0.6 is 0 Å². The molecule has 1 unspecified atom stereocenters. The summed E-state index contributed by atoms with van der Waals surface area (Å²) < 4.78 is 5.14. The van der Waals surface area contributed by atoms with E-state index in [2.05, 4.69) is 4.90 Å². The lowest BCUT2D eigenvalue weighted by Gasteiger charge is -2.16. The number of likely N-dealkylation sites (tertiary alicyclic amines) is 1. The van der Waals surface area contributed by atoms with Crippen molar-refractivity contribution in [2.45, 2.75) is 19.0 Å². The fraction of sp³-hybridized carbons (Fsp3) is 0.500. The summed E-state index contributed by atoms with van der Waals surface area (Å²) in [5, 5.41) is 9.74. The predicted molar refractivity (Wildman–Crippen MR) is 62.5 cm³/mol. The number of phenolic OH excluding ortho intramolecular Hbond substituents is 1. The van der Waals surface area contributed by atoms with E-state index in [1.807, 2.05) is 6.07 Å². The number of aromatic hydroxyl groups is 1. The van der Waals surface area contributed by atoms with Gasteiger partial charge in [-0.15, -0.1) is 0 Å². The van der Waals surface area contributed by atoms with Crippen LogP contribution in [0.5, 0.6) is 11.5 Å². The second-order valence-electron chi connectivity index (χ2n) is 4.28. The zero-order valence-electron chi connectivity index (χ0n) is 9.52. The molecular weight excluding hydrogens is 204 g/mol. The Labute approximate surface area is 95.6 Å². The van der Waals surface area contributed by atoms with Crippen LogP contribution in [0.2, 0.25) is 0 Å². The minimum atomic E-state index is 0.271. The highest BCUT2D eigenvalue weighted by atomic mass is 16.5. The Morgan fingerprint density at radius 1 is 1.56 bits per heavy atom. The molecule has 1 aliphatic heterocycles. The lowest BCUT2D eigenvalue weighted by atomic mass is 10.2. The fourth-order valence-corrected chi connectivity index (χ4v) is 2.06. The van der Waals surface area contributed by atoms with E-state index in [1.54, 1.807) is 19.2 Å². The van der Waals surface area contributed by atoms with Crippen LogP contribution in [-0.4, -0.2) is 36.2 Å². The maximum Gasteiger partial charge on any atom is 0.120 e. The molecule has 0 spiro atoms. The van der Waals surface area contributed by atoms with Gasteiger partial charge in [0, 0.05) is 31.2 Å².